The van der Waals surface area contributed by atoms with Crippen molar-refractivity contribution >= 4 is 23.5 Å². The number of ether oxygens (including phenoxy) is 1. The molecule has 1 spiro atoms. The normalized spacial score (nSPS) is 17.0. The number of amides is 2. The highest BCUT2D eigenvalue weighted by molar-refractivity contribution is 6.09. The van der Waals surface area contributed by atoms with Crippen LogP contribution in [0.2, 0.25) is 0 Å². The highest BCUT2D eigenvalue weighted by atomic mass is 19.4. The van der Waals surface area contributed by atoms with Gasteiger partial charge < -0.3 is 14.5 Å². The average molecular weight is 489 g/mol. The first-order chi connectivity index (χ1) is 16.6. The van der Waals surface area contributed by atoms with Gasteiger partial charge in [0, 0.05) is 31.7 Å². The number of nitrogens with zero attached hydrogens (tertiary/aromatic N) is 2. The molecule has 0 saturated carbocycles. The fourth-order valence-electron chi connectivity index (χ4n) is 5.23. The highest BCUT2D eigenvalue weighted by Gasteiger charge is 2.52. The van der Waals surface area contributed by atoms with Gasteiger partial charge in [-0.25, -0.2) is 4.79 Å². The molecule has 6 nitrogen and oxygen atoms in total. The van der Waals surface area contributed by atoms with E-state index in [9.17, 15) is 27.6 Å². The Labute approximate surface area is 201 Å². The Hall–Kier alpha value is -3.36. The first kappa shape index (κ1) is 24.8. The van der Waals surface area contributed by atoms with Crippen molar-refractivity contribution in [3.63, 3.8) is 0 Å². The number of likely N-dealkylation sites (tertiary alicyclic amines) is 1. The van der Waals surface area contributed by atoms with E-state index in [1.54, 1.807) is 28.0 Å². The van der Waals surface area contributed by atoms with Gasteiger partial charge in [-0.15, -0.1) is 0 Å². The molecule has 186 valence electrons. The molecule has 9 heteroatoms. The lowest BCUT2D eigenvalue weighted by Crippen LogP contribution is -2.50. The lowest BCUT2D eigenvalue weighted by atomic mass is 9.73. The number of halogens is 3. The van der Waals surface area contributed by atoms with Crippen LogP contribution in [0.4, 0.5) is 18.9 Å². The number of esters is 1. The van der Waals surface area contributed by atoms with Gasteiger partial charge in [0.25, 0.3) is 0 Å². The maximum atomic E-state index is 13.4. The summed E-state index contributed by atoms with van der Waals surface area (Å²) in [5.74, 6) is -0.779. The first-order valence-corrected chi connectivity index (χ1v) is 11.6. The number of carbonyl (C=O) groups is 3. The van der Waals surface area contributed by atoms with Gasteiger partial charge in [0.2, 0.25) is 11.8 Å². The van der Waals surface area contributed by atoms with Crippen molar-refractivity contribution in [2.45, 2.75) is 44.2 Å². The summed E-state index contributed by atoms with van der Waals surface area (Å²) in [5.41, 5.74) is 0.412. The lowest BCUT2D eigenvalue weighted by Gasteiger charge is -2.38. The molecule has 0 unspecified atom stereocenters. The van der Waals surface area contributed by atoms with Crippen molar-refractivity contribution in [2.75, 3.05) is 31.6 Å². The SMILES string of the molecule is CCN1C(=O)C2(CCN(C(=O)CCc3ccccc3C(F)(F)F)CC2)c2cc(C(=O)OC)ccc21. The van der Waals surface area contributed by atoms with Gasteiger partial charge in [-0.3, -0.25) is 9.59 Å². The fraction of sp³-hybridized carbons (Fsp3) is 0.423. The topological polar surface area (TPSA) is 66.9 Å². The van der Waals surface area contributed by atoms with Crippen LogP contribution in [0.1, 0.15) is 53.2 Å². The number of rotatable bonds is 5. The van der Waals surface area contributed by atoms with E-state index < -0.39 is 23.1 Å². The maximum Gasteiger partial charge on any atom is 0.416 e. The molecular weight excluding hydrogens is 461 g/mol. The summed E-state index contributed by atoms with van der Waals surface area (Å²) in [6, 6.07) is 10.4. The molecule has 0 aliphatic carbocycles. The minimum Gasteiger partial charge on any atom is -0.465 e. The van der Waals surface area contributed by atoms with Crippen LogP contribution in [0, 0.1) is 0 Å². The van der Waals surface area contributed by atoms with E-state index in [2.05, 4.69) is 0 Å². The quantitative estimate of drug-likeness (QED) is 0.587. The molecule has 2 aromatic carbocycles. The standard InChI is InChI=1S/C26H27F3N2O4/c1-3-31-21-10-8-18(23(33)35-2)16-20(21)25(24(31)34)12-14-30(15-13-25)22(32)11-9-17-6-4-5-7-19(17)26(27,28)29/h4-8,10,16H,3,9,11-15H2,1-2H3. The summed E-state index contributed by atoms with van der Waals surface area (Å²) in [5, 5.41) is 0. The third kappa shape index (κ3) is 4.39. The summed E-state index contributed by atoms with van der Waals surface area (Å²) in [6.45, 7) is 2.98. The lowest BCUT2D eigenvalue weighted by molar-refractivity contribution is -0.139. The minimum atomic E-state index is -4.47. The summed E-state index contributed by atoms with van der Waals surface area (Å²) in [7, 11) is 1.30. The number of methoxy groups -OCH3 is 1. The third-order valence-corrected chi connectivity index (χ3v) is 7.10. The highest BCUT2D eigenvalue weighted by Crippen LogP contribution is 2.48. The zero-order valence-corrected chi connectivity index (χ0v) is 19.7. The van der Waals surface area contributed by atoms with E-state index >= 15 is 0 Å². The summed E-state index contributed by atoms with van der Waals surface area (Å²) < 4.78 is 44.6. The van der Waals surface area contributed by atoms with Crippen molar-refractivity contribution in [2.24, 2.45) is 0 Å². The molecule has 0 N–H and O–H groups in total. The first-order valence-electron chi connectivity index (χ1n) is 11.6. The van der Waals surface area contributed by atoms with E-state index in [1.807, 2.05) is 6.92 Å². The molecule has 0 radical (unpaired) electrons. The van der Waals surface area contributed by atoms with Gasteiger partial charge >= 0.3 is 12.1 Å². The number of anilines is 1. The molecule has 2 aromatic rings. The molecule has 1 saturated heterocycles. The van der Waals surface area contributed by atoms with Crippen molar-refractivity contribution in [3.05, 3.63) is 64.7 Å². The summed E-state index contributed by atoms with van der Waals surface area (Å²) in [4.78, 5) is 41.7. The van der Waals surface area contributed by atoms with Crippen LogP contribution in [0.3, 0.4) is 0 Å². The summed E-state index contributed by atoms with van der Waals surface area (Å²) >= 11 is 0. The van der Waals surface area contributed by atoms with E-state index in [0.717, 1.165) is 17.3 Å². The van der Waals surface area contributed by atoms with Crippen LogP contribution < -0.4 is 4.90 Å². The second-order valence-electron chi connectivity index (χ2n) is 8.89. The van der Waals surface area contributed by atoms with Gasteiger partial charge in [-0.05, 0) is 61.6 Å². The molecule has 4 rings (SSSR count). The number of benzene rings is 2. The van der Waals surface area contributed by atoms with Crippen molar-refractivity contribution in [3.8, 4) is 0 Å². The van der Waals surface area contributed by atoms with Crippen molar-refractivity contribution < 1.29 is 32.3 Å². The number of fused-ring (bicyclic) bond motifs is 2. The smallest absolute Gasteiger partial charge is 0.416 e. The Kier molecular flexibility index (Phi) is 6.62. The van der Waals surface area contributed by atoms with Gasteiger partial charge in [0.05, 0.1) is 23.7 Å². The zero-order valence-electron chi connectivity index (χ0n) is 19.7. The zero-order chi connectivity index (χ0) is 25.4. The molecular formula is C26H27F3N2O4. The van der Waals surface area contributed by atoms with E-state index in [4.69, 9.17) is 4.74 Å². The molecule has 1 fully saturated rings. The molecule has 35 heavy (non-hydrogen) atoms. The molecule has 2 aliphatic rings. The van der Waals surface area contributed by atoms with Gasteiger partial charge in [0.15, 0.2) is 0 Å². The molecule has 2 amide bonds. The molecule has 0 bridgehead atoms. The number of piperidine rings is 1. The number of carbonyl (C=O) groups excluding carboxylic acids is 3. The molecule has 0 atom stereocenters. The number of hydrogen-bond acceptors (Lipinski definition) is 4. The Morgan fingerprint density at radius 2 is 1.77 bits per heavy atom. The third-order valence-electron chi connectivity index (χ3n) is 7.10. The average Bonchev–Trinajstić information content (AvgIpc) is 3.08. The Balaban J connectivity index is 1.49. The van der Waals surface area contributed by atoms with Gasteiger partial charge in [-0.1, -0.05) is 18.2 Å². The number of alkyl halides is 3. The fourth-order valence-corrected chi connectivity index (χ4v) is 5.23. The van der Waals surface area contributed by atoms with Gasteiger partial charge in [-0.2, -0.15) is 13.2 Å². The van der Waals surface area contributed by atoms with Crippen molar-refractivity contribution in [1.82, 2.24) is 4.90 Å². The Morgan fingerprint density at radius 3 is 2.40 bits per heavy atom. The Bertz CT molecular complexity index is 1150. The number of aryl methyl sites for hydroxylation is 1. The van der Waals surface area contributed by atoms with Crippen LogP contribution in [-0.2, 0) is 32.3 Å². The van der Waals surface area contributed by atoms with E-state index in [-0.39, 0.29) is 30.2 Å². The Morgan fingerprint density at radius 1 is 1.09 bits per heavy atom. The van der Waals surface area contributed by atoms with E-state index in [1.165, 1.54) is 25.3 Å². The molecule has 2 aliphatic heterocycles. The van der Waals surface area contributed by atoms with Crippen LogP contribution in [0.5, 0.6) is 0 Å². The second-order valence-corrected chi connectivity index (χ2v) is 8.89. The van der Waals surface area contributed by atoms with Crippen molar-refractivity contribution in [1.29, 1.82) is 0 Å². The predicted octanol–water partition coefficient (Wildman–Crippen LogP) is 4.35. The minimum absolute atomic E-state index is 0.00990. The summed E-state index contributed by atoms with van der Waals surface area (Å²) in [6.07, 6.45) is -3.76. The van der Waals surface area contributed by atoms with Crippen LogP contribution in [-0.4, -0.2) is 49.4 Å². The molecule has 0 aromatic heterocycles. The monoisotopic (exact) mass is 488 g/mol. The largest absolute Gasteiger partial charge is 0.465 e. The van der Waals surface area contributed by atoms with Crippen LogP contribution in [0.25, 0.3) is 0 Å². The second kappa shape index (κ2) is 9.36. The predicted molar refractivity (Wildman–Crippen MR) is 123 cm³/mol. The maximum absolute atomic E-state index is 13.4. The van der Waals surface area contributed by atoms with Gasteiger partial charge in [0.1, 0.15) is 0 Å². The molecule has 2 heterocycles. The number of hydrogen-bond donors (Lipinski definition) is 0. The van der Waals surface area contributed by atoms with E-state index in [0.29, 0.717) is 38.0 Å². The number of likely N-dealkylation sites (N-methyl/N-ethyl adjacent to an activating group) is 1. The van der Waals surface area contributed by atoms with Crippen LogP contribution in [0.15, 0.2) is 42.5 Å². The van der Waals surface area contributed by atoms with Crippen LogP contribution >= 0.6 is 0 Å².